The highest BCUT2D eigenvalue weighted by Crippen LogP contribution is 2.35. The summed E-state index contributed by atoms with van der Waals surface area (Å²) in [6, 6.07) is 7.78. The minimum Gasteiger partial charge on any atom is -0.451 e. The normalized spacial score (nSPS) is 20.3. The monoisotopic (exact) mass is 384 g/mol. The maximum atomic E-state index is 13.1. The third kappa shape index (κ3) is 3.83. The number of piperidine rings is 1. The smallest absolute Gasteiger partial charge is 0.287 e. The number of likely N-dealkylation sites (tertiary alicyclic amines) is 1. The molecular weight excluding hydrogens is 352 g/mol. The van der Waals surface area contributed by atoms with E-state index in [-0.39, 0.29) is 11.4 Å². The molecule has 5 heteroatoms. The van der Waals surface area contributed by atoms with Gasteiger partial charge in [-0.15, -0.1) is 0 Å². The van der Waals surface area contributed by atoms with E-state index in [9.17, 15) is 4.79 Å². The van der Waals surface area contributed by atoms with E-state index in [2.05, 4.69) is 10.2 Å². The van der Waals surface area contributed by atoms with Crippen LogP contribution in [0.3, 0.4) is 0 Å². The third-order valence-electron chi connectivity index (χ3n) is 6.58. The van der Waals surface area contributed by atoms with E-state index in [1.54, 1.807) is 7.11 Å². The van der Waals surface area contributed by atoms with E-state index < -0.39 is 0 Å². The molecule has 0 spiro atoms. The molecule has 4 rings (SSSR count). The fourth-order valence-corrected chi connectivity index (χ4v) is 5.08. The molecule has 0 bridgehead atoms. The van der Waals surface area contributed by atoms with Crippen molar-refractivity contribution < 1.29 is 13.9 Å². The van der Waals surface area contributed by atoms with Crippen molar-refractivity contribution in [3.63, 3.8) is 0 Å². The minimum absolute atomic E-state index is 0.113. The van der Waals surface area contributed by atoms with Crippen LogP contribution in [-0.2, 0) is 11.3 Å². The molecule has 1 aliphatic heterocycles. The summed E-state index contributed by atoms with van der Waals surface area (Å²) in [4.78, 5) is 15.8. The van der Waals surface area contributed by atoms with Crippen LogP contribution in [0.25, 0.3) is 11.0 Å². The van der Waals surface area contributed by atoms with Crippen molar-refractivity contribution in [1.82, 2.24) is 10.2 Å². The number of nitrogens with one attached hydrogen (secondary N) is 1. The van der Waals surface area contributed by atoms with Crippen LogP contribution in [0.2, 0.25) is 0 Å². The number of methoxy groups -OCH3 is 1. The molecule has 28 heavy (non-hydrogen) atoms. The summed E-state index contributed by atoms with van der Waals surface area (Å²) < 4.78 is 11.3. The van der Waals surface area contributed by atoms with E-state index in [4.69, 9.17) is 9.15 Å². The van der Waals surface area contributed by atoms with E-state index >= 15 is 0 Å². The van der Waals surface area contributed by atoms with Crippen LogP contribution < -0.4 is 5.32 Å². The van der Waals surface area contributed by atoms with Gasteiger partial charge in [0.1, 0.15) is 5.58 Å². The van der Waals surface area contributed by atoms with E-state index in [0.29, 0.717) is 18.9 Å². The van der Waals surface area contributed by atoms with Gasteiger partial charge in [-0.05, 0) is 44.8 Å². The van der Waals surface area contributed by atoms with Crippen molar-refractivity contribution in [3.8, 4) is 0 Å². The lowest BCUT2D eigenvalue weighted by Gasteiger charge is -2.48. The second kappa shape index (κ2) is 8.66. The number of fused-ring (bicyclic) bond motifs is 1. The Morgan fingerprint density at radius 2 is 1.82 bits per heavy atom. The summed E-state index contributed by atoms with van der Waals surface area (Å²) >= 11 is 0. The Labute approximate surface area is 167 Å². The number of amides is 1. The van der Waals surface area contributed by atoms with Gasteiger partial charge in [0.05, 0.1) is 6.61 Å². The number of ether oxygens (including phenoxy) is 1. The molecule has 1 saturated carbocycles. The first-order chi connectivity index (χ1) is 13.7. The number of hydrogen-bond acceptors (Lipinski definition) is 4. The Bertz CT molecular complexity index is 801. The molecule has 1 aromatic carbocycles. The van der Waals surface area contributed by atoms with Crippen LogP contribution in [0.1, 0.15) is 67.5 Å². The van der Waals surface area contributed by atoms with Crippen molar-refractivity contribution in [1.29, 1.82) is 0 Å². The molecule has 1 saturated heterocycles. The first-order valence-corrected chi connectivity index (χ1v) is 10.8. The lowest BCUT2D eigenvalue weighted by molar-refractivity contribution is 0.0323. The van der Waals surface area contributed by atoms with E-state index in [1.165, 1.54) is 51.4 Å². The molecule has 0 radical (unpaired) electrons. The molecule has 1 aromatic heterocycles. The first-order valence-electron chi connectivity index (χ1n) is 10.8. The first kappa shape index (κ1) is 19.5. The molecule has 2 aromatic rings. The largest absolute Gasteiger partial charge is 0.451 e. The van der Waals surface area contributed by atoms with Gasteiger partial charge in [0.25, 0.3) is 5.91 Å². The zero-order valence-electron chi connectivity index (χ0n) is 17.0. The Balaban J connectivity index is 1.54. The average Bonchev–Trinajstić information content (AvgIpc) is 3.12. The number of furan rings is 1. The molecule has 152 valence electrons. The Morgan fingerprint density at radius 3 is 2.57 bits per heavy atom. The Morgan fingerprint density at radius 1 is 1.11 bits per heavy atom. The highest BCUT2D eigenvalue weighted by Gasteiger charge is 2.39. The van der Waals surface area contributed by atoms with Crippen molar-refractivity contribution in [2.75, 3.05) is 26.7 Å². The van der Waals surface area contributed by atoms with Gasteiger partial charge < -0.3 is 14.5 Å². The zero-order valence-corrected chi connectivity index (χ0v) is 17.0. The molecule has 5 nitrogen and oxygen atoms in total. The molecule has 1 amide bonds. The van der Waals surface area contributed by atoms with Gasteiger partial charge in [0, 0.05) is 30.1 Å². The number of carbonyl (C=O) groups excluding carboxylic acids is 1. The number of carbonyl (C=O) groups is 1. The SMILES string of the molecule is COCc1c(C(=O)NCC2(N3CCCCC3)CCCCC2)oc2ccccc12. The second-order valence-electron chi connectivity index (χ2n) is 8.35. The van der Waals surface area contributed by atoms with Crippen molar-refractivity contribution in [3.05, 3.63) is 35.6 Å². The molecule has 2 aliphatic rings. The summed E-state index contributed by atoms with van der Waals surface area (Å²) in [5, 5.41) is 4.19. The summed E-state index contributed by atoms with van der Waals surface area (Å²) in [6.07, 6.45) is 10.1. The van der Waals surface area contributed by atoms with Crippen molar-refractivity contribution in [2.24, 2.45) is 0 Å². The van der Waals surface area contributed by atoms with Gasteiger partial charge in [0.15, 0.2) is 5.76 Å². The number of benzene rings is 1. The van der Waals surface area contributed by atoms with E-state index in [1.807, 2.05) is 24.3 Å². The maximum absolute atomic E-state index is 13.1. The predicted molar refractivity (Wildman–Crippen MR) is 111 cm³/mol. The molecular formula is C23H32N2O3. The van der Waals surface area contributed by atoms with Gasteiger partial charge in [-0.1, -0.05) is 43.9 Å². The number of hydrogen-bond donors (Lipinski definition) is 1. The highest BCUT2D eigenvalue weighted by atomic mass is 16.5. The summed E-state index contributed by atoms with van der Waals surface area (Å²) in [5.74, 6) is 0.276. The molecule has 1 N–H and O–H groups in total. The summed E-state index contributed by atoms with van der Waals surface area (Å²) in [5.41, 5.74) is 1.69. The highest BCUT2D eigenvalue weighted by molar-refractivity contribution is 5.99. The molecule has 2 fully saturated rings. The maximum Gasteiger partial charge on any atom is 0.287 e. The number of nitrogens with zero attached hydrogens (tertiary/aromatic N) is 1. The summed E-state index contributed by atoms with van der Waals surface area (Å²) in [6.45, 7) is 3.40. The topological polar surface area (TPSA) is 54.7 Å². The van der Waals surface area contributed by atoms with Crippen LogP contribution in [0.4, 0.5) is 0 Å². The molecule has 1 aliphatic carbocycles. The summed E-state index contributed by atoms with van der Waals surface area (Å²) in [7, 11) is 1.65. The molecule has 0 unspecified atom stereocenters. The van der Waals surface area contributed by atoms with Gasteiger partial charge >= 0.3 is 0 Å². The van der Waals surface area contributed by atoms with E-state index in [0.717, 1.165) is 29.6 Å². The predicted octanol–water partition coefficient (Wildman–Crippen LogP) is 4.50. The van der Waals surface area contributed by atoms with Crippen molar-refractivity contribution in [2.45, 2.75) is 63.5 Å². The molecule has 2 heterocycles. The fraction of sp³-hybridized carbons (Fsp3) is 0.609. The van der Waals surface area contributed by atoms with Crippen LogP contribution in [-0.4, -0.2) is 43.1 Å². The Kier molecular flexibility index (Phi) is 6.02. The van der Waals surface area contributed by atoms with Crippen LogP contribution in [0.15, 0.2) is 28.7 Å². The van der Waals surface area contributed by atoms with Crippen LogP contribution >= 0.6 is 0 Å². The van der Waals surface area contributed by atoms with Gasteiger partial charge in [0.2, 0.25) is 0 Å². The van der Waals surface area contributed by atoms with Crippen LogP contribution in [0, 0.1) is 0 Å². The third-order valence-corrected chi connectivity index (χ3v) is 6.58. The quantitative estimate of drug-likeness (QED) is 0.797. The lowest BCUT2D eigenvalue weighted by Crippen LogP contribution is -2.58. The standard InChI is InChI=1S/C23H32N2O3/c1-27-16-19-18-10-4-5-11-20(18)28-21(19)22(26)24-17-23(12-6-2-7-13-23)25-14-8-3-9-15-25/h4-5,10-11H,2-3,6-9,12-17H2,1H3,(H,24,26). The van der Waals surface area contributed by atoms with Gasteiger partial charge in [-0.2, -0.15) is 0 Å². The Hall–Kier alpha value is -1.85. The fourth-order valence-electron chi connectivity index (χ4n) is 5.08. The van der Waals surface area contributed by atoms with Crippen LogP contribution in [0.5, 0.6) is 0 Å². The van der Waals surface area contributed by atoms with Crippen molar-refractivity contribution >= 4 is 16.9 Å². The number of para-hydroxylation sites is 1. The molecule has 0 atom stereocenters. The average molecular weight is 385 g/mol. The number of rotatable bonds is 6. The minimum atomic E-state index is -0.120. The van der Waals surface area contributed by atoms with Gasteiger partial charge in [-0.25, -0.2) is 0 Å². The zero-order chi connectivity index (χ0) is 19.4. The van der Waals surface area contributed by atoms with Gasteiger partial charge in [-0.3, -0.25) is 9.69 Å². The second-order valence-corrected chi connectivity index (χ2v) is 8.35. The lowest BCUT2D eigenvalue weighted by atomic mass is 9.79.